The summed E-state index contributed by atoms with van der Waals surface area (Å²) in [5, 5.41) is 19.0. The van der Waals surface area contributed by atoms with E-state index in [4.69, 9.17) is 9.84 Å². The normalized spacial score (nSPS) is 21.1. The van der Waals surface area contributed by atoms with Gasteiger partial charge in [0, 0.05) is 12.5 Å². The summed E-state index contributed by atoms with van der Waals surface area (Å²) in [6.07, 6.45) is -1.22. The maximum Gasteiger partial charge on any atom is 0.409 e. The second kappa shape index (κ2) is 7.36. The molecule has 1 atom stereocenters. The number of β-amino-alcohol motifs (C(OH)–C–C–N with tert-alkyl or cyclic N) is 1. The highest BCUT2D eigenvalue weighted by molar-refractivity contribution is 5.79. The van der Waals surface area contributed by atoms with Gasteiger partial charge in [-0.1, -0.05) is 48.5 Å². The van der Waals surface area contributed by atoms with Gasteiger partial charge in [-0.05, 0) is 35.1 Å². The van der Waals surface area contributed by atoms with Crippen molar-refractivity contribution in [3.05, 3.63) is 59.7 Å². The number of alkyl halides is 2. The topological polar surface area (TPSA) is 87.1 Å². The van der Waals surface area contributed by atoms with Gasteiger partial charge in [-0.3, -0.25) is 0 Å². The van der Waals surface area contributed by atoms with Gasteiger partial charge in [0.2, 0.25) is 0 Å². The van der Waals surface area contributed by atoms with Gasteiger partial charge >= 0.3 is 18.0 Å². The third-order valence-corrected chi connectivity index (χ3v) is 5.92. The molecule has 158 valence electrons. The van der Waals surface area contributed by atoms with E-state index in [0.29, 0.717) is 0 Å². The maximum absolute atomic E-state index is 14.0. The number of carboxylic acids is 1. The number of rotatable bonds is 4. The summed E-state index contributed by atoms with van der Waals surface area (Å²) in [6.45, 7) is -0.686. The lowest BCUT2D eigenvalue weighted by Crippen LogP contribution is -2.62. The Kier molecular flexibility index (Phi) is 4.97. The quantitative estimate of drug-likeness (QED) is 0.795. The number of nitrogens with zero attached hydrogens (tertiary/aromatic N) is 1. The Labute approximate surface area is 171 Å². The van der Waals surface area contributed by atoms with E-state index in [1.54, 1.807) is 0 Å². The summed E-state index contributed by atoms with van der Waals surface area (Å²) in [4.78, 5) is 24.4. The Balaban J connectivity index is 1.48. The smallest absolute Gasteiger partial charge is 0.409 e. The zero-order chi connectivity index (χ0) is 21.5. The highest BCUT2D eigenvalue weighted by Crippen LogP contribution is 2.44. The number of likely N-dealkylation sites (tertiary alicyclic amines) is 1. The van der Waals surface area contributed by atoms with E-state index in [-0.39, 0.29) is 25.5 Å². The second-order valence-electron chi connectivity index (χ2n) is 7.74. The summed E-state index contributed by atoms with van der Waals surface area (Å²) in [7, 11) is 0. The van der Waals surface area contributed by atoms with E-state index >= 15 is 0 Å². The van der Waals surface area contributed by atoms with Crippen LogP contribution < -0.4 is 0 Å². The van der Waals surface area contributed by atoms with Gasteiger partial charge in [0.1, 0.15) is 6.61 Å². The first-order valence-electron chi connectivity index (χ1n) is 9.68. The number of carbonyl (C=O) groups excluding carboxylic acids is 1. The molecule has 0 spiro atoms. The number of carbonyl (C=O) groups is 2. The van der Waals surface area contributed by atoms with Crippen molar-refractivity contribution in [2.75, 3.05) is 19.7 Å². The first-order chi connectivity index (χ1) is 14.2. The van der Waals surface area contributed by atoms with Gasteiger partial charge in [0.15, 0.2) is 5.60 Å². The van der Waals surface area contributed by atoms with Gasteiger partial charge in [-0.2, -0.15) is 8.78 Å². The fourth-order valence-electron chi connectivity index (χ4n) is 4.33. The third-order valence-electron chi connectivity index (χ3n) is 5.92. The Morgan fingerprint density at radius 1 is 1.10 bits per heavy atom. The molecule has 30 heavy (non-hydrogen) atoms. The average Bonchev–Trinajstić information content (AvgIpc) is 3.05. The molecule has 2 aromatic rings. The van der Waals surface area contributed by atoms with Crippen LogP contribution in [-0.4, -0.2) is 58.4 Å². The van der Waals surface area contributed by atoms with Gasteiger partial charge in [0.05, 0.1) is 6.54 Å². The number of aliphatic carboxylic acids is 1. The van der Waals surface area contributed by atoms with Gasteiger partial charge < -0.3 is 19.8 Å². The summed E-state index contributed by atoms with van der Waals surface area (Å²) in [5.41, 5.74) is 1.31. The molecule has 0 saturated carbocycles. The van der Waals surface area contributed by atoms with Crippen LogP contribution in [0.25, 0.3) is 11.1 Å². The van der Waals surface area contributed by atoms with Crippen molar-refractivity contribution < 1.29 is 33.3 Å². The van der Waals surface area contributed by atoms with Crippen LogP contribution >= 0.6 is 0 Å². The van der Waals surface area contributed by atoms with Crippen LogP contribution in [0.4, 0.5) is 13.6 Å². The van der Waals surface area contributed by atoms with E-state index in [9.17, 15) is 23.5 Å². The molecule has 0 aromatic heterocycles. The summed E-state index contributed by atoms with van der Waals surface area (Å²) < 4.78 is 33.4. The molecule has 2 aliphatic rings. The minimum atomic E-state index is -4.37. The minimum Gasteiger partial charge on any atom is -0.477 e. The highest BCUT2D eigenvalue weighted by Gasteiger charge is 2.60. The van der Waals surface area contributed by atoms with E-state index < -0.39 is 36.6 Å². The van der Waals surface area contributed by atoms with Gasteiger partial charge in [-0.25, -0.2) is 9.59 Å². The zero-order valence-corrected chi connectivity index (χ0v) is 16.1. The number of benzene rings is 2. The molecule has 8 heteroatoms. The summed E-state index contributed by atoms with van der Waals surface area (Å²) in [5.74, 6) is -6.97. The standard InChI is InChI=1S/C22H21F2NO5/c23-22(24,19(26)27)21(29)10-5-11-25(13-21)20(28)30-12-18-16-8-3-1-6-14(16)15-7-2-4-9-17(15)18/h1-4,6-9,18,29H,5,10-13H2,(H,26,27). The SMILES string of the molecule is O=C(OCC1c2ccccc2-c2ccccc21)N1CCCC(O)(C(F)(F)C(=O)O)C1. The number of halogens is 2. The molecule has 2 N–H and O–H groups in total. The van der Waals surface area contributed by atoms with Crippen LogP contribution in [0.5, 0.6) is 0 Å². The Hall–Kier alpha value is -3.00. The molecule has 1 heterocycles. The molecule has 0 bridgehead atoms. The number of ether oxygens (including phenoxy) is 1. The fourth-order valence-corrected chi connectivity index (χ4v) is 4.33. The first-order valence-corrected chi connectivity index (χ1v) is 9.68. The first kappa shape index (κ1) is 20.3. The monoisotopic (exact) mass is 417 g/mol. The van der Waals surface area contributed by atoms with Crippen LogP contribution in [0.3, 0.4) is 0 Å². The predicted molar refractivity (Wildman–Crippen MR) is 103 cm³/mol. The highest BCUT2D eigenvalue weighted by atomic mass is 19.3. The van der Waals surface area contributed by atoms with Crippen molar-refractivity contribution >= 4 is 12.1 Å². The van der Waals surface area contributed by atoms with Crippen molar-refractivity contribution in [2.45, 2.75) is 30.3 Å². The van der Waals surface area contributed by atoms with Gasteiger partial charge in [-0.15, -0.1) is 0 Å². The van der Waals surface area contributed by atoms with Crippen LogP contribution in [0.15, 0.2) is 48.5 Å². The molecular formula is C22H21F2NO5. The zero-order valence-electron chi connectivity index (χ0n) is 16.1. The third kappa shape index (κ3) is 3.21. The lowest BCUT2D eigenvalue weighted by Gasteiger charge is -2.41. The molecule has 4 rings (SSSR count). The van der Waals surface area contributed by atoms with Crippen LogP contribution in [0.2, 0.25) is 0 Å². The lowest BCUT2D eigenvalue weighted by molar-refractivity contribution is -0.218. The molecule has 1 fully saturated rings. The van der Waals surface area contributed by atoms with Crippen molar-refractivity contribution in [3.8, 4) is 11.1 Å². The van der Waals surface area contributed by atoms with E-state index in [1.165, 1.54) is 0 Å². The maximum atomic E-state index is 14.0. The van der Waals surface area contributed by atoms with E-state index in [1.807, 2.05) is 48.5 Å². The molecule has 1 amide bonds. The molecule has 1 aliphatic heterocycles. The van der Waals surface area contributed by atoms with Crippen LogP contribution in [0, 0.1) is 0 Å². The molecule has 6 nitrogen and oxygen atoms in total. The predicted octanol–water partition coefficient (Wildman–Crippen LogP) is 3.48. The number of piperidine rings is 1. The number of carboxylic acid groups (broad SMARTS) is 1. The number of amides is 1. The largest absolute Gasteiger partial charge is 0.477 e. The van der Waals surface area contributed by atoms with Gasteiger partial charge in [0.25, 0.3) is 0 Å². The minimum absolute atomic E-state index is 0.0110. The Morgan fingerprint density at radius 2 is 1.67 bits per heavy atom. The number of hydrogen-bond acceptors (Lipinski definition) is 4. The van der Waals surface area contributed by atoms with E-state index in [0.717, 1.165) is 27.2 Å². The molecule has 1 unspecified atom stereocenters. The van der Waals surface area contributed by atoms with Crippen molar-refractivity contribution in [1.29, 1.82) is 0 Å². The van der Waals surface area contributed by atoms with Crippen molar-refractivity contribution in [3.63, 3.8) is 0 Å². The molecule has 2 aromatic carbocycles. The molecule has 1 aliphatic carbocycles. The Bertz CT molecular complexity index is 949. The number of aliphatic hydroxyl groups is 1. The fraction of sp³-hybridized carbons (Fsp3) is 0.364. The summed E-state index contributed by atoms with van der Waals surface area (Å²) >= 11 is 0. The number of fused-ring (bicyclic) bond motifs is 3. The van der Waals surface area contributed by atoms with Crippen molar-refractivity contribution in [2.24, 2.45) is 0 Å². The molecular weight excluding hydrogens is 396 g/mol. The molecule has 0 radical (unpaired) electrons. The second-order valence-corrected chi connectivity index (χ2v) is 7.74. The van der Waals surface area contributed by atoms with E-state index in [2.05, 4.69) is 0 Å². The van der Waals surface area contributed by atoms with Crippen LogP contribution in [-0.2, 0) is 9.53 Å². The average molecular weight is 417 g/mol. The Morgan fingerprint density at radius 3 is 2.23 bits per heavy atom. The summed E-state index contributed by atoms with van der Waals surface area (Å²) in [6, 6.07) is 15.6. The lowest BCUT2D eigenvalue weighted by atomic mass is 9.86. The number of hydrogen-bond donors (Lipinski definition) is 2. The van der Waals surface area contributed by atoms with Crippen LogP contribution in [0.1, 0.15) is 29.9 Å². The van der Waals surface area contributed by atoms with Crippen molar-refractivity contribution in [1.82, 2.24) is 4.90 Å². The molecule has 1 saturated heterocycles.